The molecule has 0 saturated carbocycles. The summed E-state index contributed by atoms with van der Waals surface area (Å²) in [6.45, 7) is 1.55. The predicted molar refractivity (Wildman–Crippen MR) is 58.3 cm³/mol. The second-order valence-electron chi connectivity index (χ2n) is 3.74. The molecule has 0 fully saturated rings. The summed E-state index contributed by atoms with van der Waals surface area (Å²) in [4.78, 5) is 11.5. The number of carbonyl (C=O) groups excluding carboxylic acids is 1. The Labute approximate surface area is 97.4 Å². The van der Waals surface area contributed by atoms with Crippen molar-refractivity contribution >= 4 is 5.91 Å². The number of carbonyl (C=O) groups is 1. The van der Waals surface area contributed by atoms with E-state index in [4.69, 9.17) is 10.8 Å². The lowest BCUT2D eigenvalue weighted by molar-refractivity contribution is 0.0937. The Balaban J connectivity index is 2.61. The van der Waals surface area contributed by atoms with E-state index in [-0.39, 0.29) is 12.1 Å². The van der Waals surface area contributed by atoms with Crippen LogP contribution in [0, 0.1) is 11.6 Å². The van der Waals surface area contributed by atoms with Crippen molar-refractivity contribution < 1.29 is 18.7 Å². The van der Waals surface area contributed by atoms with E-state index in [0.717, 1.165) is 12.1 Å². The maximum Gasteiger partial charge on any atom is 0.251 e. The summed E-state index contributed by atoms with van der Waals surface area (Å²) in [5.74, 6) is -2.67. The first-order chi connectivity index (χ1) is 7.91. The number of hydrogen-bond donors (Lipinski definition) is 3. The van der Waals surface area contributed by atoms with Crippen molar-refractivity contribution in [3.63, 3.8) is 0 Å². The number of halogens is 2. The molecule has 2 atom stereocenters. The Bertz CT molecular complexity index is 410. The molecule has 1 aromatic rings. The highest BCUT2D eigenvalue weighted by atomic mass is 19.2. The average molecular weight is 244 g/mol. The quantitative estimate of drug-likeness (QED) is 0.717. The van der Waals surface area contributed by atoms with Gasteiger partial charge in [0.25, 0.3) is 5.91 Å². The number of hydrogen-bond acceptors (Lipinski definition) is 3. The molecule has 17 heavy (non-hydrogen) atoms. The summed E-state index contributed by atoms with van der Waals surface area (Å²) >= 11 is 0. The minimum absolute atomic E-state index is 0.00157. The SMILES string of the molecule is CC(O)C(N)CNC(=O)c1ccc(F)c(F)c1. The van der Waals surface area contributed by atoms with Gasteiger partial charge in [-0.25, -0.2) is 8.78 Å². The molecule has 1 rings (SSSR count). The number of nitrogens with one attached hydrogen (secondary N) is 1. The Morgan fingerprint density at radius 2 is 2.12 bits per heavy atom. The number of aliphatic hydroxyl groups excluding tert-OH is 1. The van der Waals surface area contributed by atoms with Crippen LogP contribution in [0.1, 0.15) is 17.3 Å². The van der Waals surface area contributed by atoms with Crippen LogP contribution in [0.15, 0.2) is 18.2 Å². The summed E-state index contributed by atoms with van der Waals surface area (Å²) in [6.07, 6.45) is -0.764. The minimum Gasteiger partial charge on any atom is -0.392 e. The molecular formula is C11H14F2N2O2. The van der Waals surface area contributed by atoms with Gasteiger partial charge in [0.05, 0.1) is 6.10 Å². The molecule has 2 unspecified atom stereocenters. The van der Waals surface area contributed by atoms with Crippen molar-refractivity contribution in [1.29, 1.82) is 0 Å². The Morgan fingerprint density at radius 3 is 2.65 bits per heavy atom. The third-order valence-corrected chi connectivity index (χ3v) is 2.30. The molecule has 94 valence electrons. The summed E-state index contributed by atoms with van der Waals surface area (Å²) in [6, 6.07) is 2.24. The van der Waals surface area contributed by atoms with Gasteiger partial charge in [0, 0.05) is 18.2 Å². The summed E-state index contributed by atoms with van der Waals surface area (Å²) in [5.41, 5.74) is 5.50. The first-order valence-corrected chi connectivity index (χ1v) is 5.08. The molecule has 0 radical (unpaired) electrons. The van der Waals surface area contributed by atoms with Gasteiger partial charge in [-0.15, -0.1) is 0 Å². The monoisotopic (exact) mass is 244 g/mol. The Morgan fingerprint density at radius 1 is 1.47 bits per heavy atom. The normalized spacial score (nSPS) is 14.2. The molecule has 0 bridgehead atoms. The number of benzene rings is 1. The number of aliphatic hydroxyl groups is 1. The highest BCUT2D eigenvalue weighted by molar-refractivity contribution is 5.94. The Hall–Kier alpha value is -1.53. The van der Waals surface area contributed by atoms with Crippen LogP contribution in [0.25, 0.3) is 0 Å². The maximum atomic E-state index is 12.8. The zero-order valence-electron chi connectivity index (χ0n) is 9.28. The van der Waals surface area contributed by atoms with E-state index in [1.807, 2.05) is 0 Å². The summed E-state index contributed by atoms with van der Waals surface area (Å²) < 4.78 is 25.5. The van der Waals surface area contributed by atoms with Crippen molar-refractivity contribution in [1.82, 2.24) is 5.32 Å². The molecule has 6 heteroatoms. The van der Waals surface area contributed by atoms with Crippen molar-refractivity contribution in [3.8, 4) is 0 Å². The fraction of sp³-hybridized carbons (Fsp3) is 0.364. The minimum atomic E-state index is -1.09. The lowest BCUT2D eigenvalue weighted by Gasteiger charge is -2.15. The molecule has 0 saturated heterocycles. The van der Waals surface area contributed by atoms with E-state index >= 15 is 0 Å². The van der Waals surface area contributed by atoms with Crippen LogP contribution in [-0.4, -0.2) is 29.7 Å². The van der Waals surface area contributed by atoms with Crippen molar-refractivity contribution in [2.75, 3.05) is 6.54 Å². The van der Waals surface area contributed by atoms with Crippen LogP contribution < -0.4 is 11.1 Å². The van der Waals surface area contributed by atoms with Crippen LogP contribution >= 0.6 is 0 Å². The number of rotatable bonds is 4. The van der Waals surface area contributed by atoms with E-state index in [0.29, 0.717) is 0 Å². The maximum absolute atomic E-state index is 12.8. The third kappa shape index (κ3) is 3.76. The number of nitrogens with two attached hydrogens (primary N) is 1. The third-order valence-electron chi connectivity index (χ3n) is 2.30. The average Bonchev–Trinajstić information content (AvgIpc) is 2.28. The van der Waals surface area contributed by atoms with Crippen LogP contribution in [0.4, 0.5) is 8.78 Å². The zero-order valence-corrected chi connectivity index (χ0v) is 9.28. The van der Waals surface area contributed by atoms with Gasteiger partial charge in [0.15, 0.2) is 11.6 Å². The first-order valence-electron chi connectivity index (χ1n) is 5.08. The largest absolute Gasteiger partial charge is 0.392 e. The zero-order chi connectivity index (χ0) is 13.0. The standard InChI is InChI=1S/C11H14F2N2O2/c1-6(16)10(14)5-15-11(17)7-2-3-8(12)9(13)4-7/h2-4,6,10,16H,5,14H2,1H3,(H,15,17). The summed E-state index contributed by atoms with van der Waals surface area (Å²) in [5, 5.41) is 11.5. The van der Waals surface area contributed by atoms with Gasteiger partial charge in [-0.3, -0.25) is 4.79 Å². The molecule has 0 aliphatic rings. The van der Waals surface area contributed by atoms with Crippen LogP contribution in [-0.2, 0) is 0 Å². The van der Waals surface area contributed by atoms with E-state index in [1.165, 1.54) is 13.0 Å². The van der Waals surface area contributed by atoms with Gasteiger partial charge in [-0.2, -0.15) is 0 Å². The van der Waals surface area contributed by atoms with Gasteiger partial charge in [0.1, 0.15) is 0 Å². The molecule has 0 aromatic heterocycles. The van der Waals surface area contributed by atoms with Gasteiger partial charge in [0.2, 0.25) is 0 Å². The second kappa shape index (κ2) is 5.70. The van der Waals surface area contributed by atoms with Crippen LogP contribution in [0.5, 0.6) is 0 Å². The molecule has 0 heterocycles. The molecule has 4 N–H and O–H groups in total. The van der Waals surface area contributed by atoms with Crippen molar-refractivity contribution in [2.45, 2.75) is 19.1 Å². The van der Waals surface area contributed by atoms with Crippen molar-refractivity contribution in [2.24, 2.45) is 5.73 Å². The molecular weight excluding hydrogens is 230 g/mol. The first kappa shape index (κ1) is 13.5. The second-order valence-corrected chi connectivity index (χ2v) is 3.74. The van der Waals surface area contributed by atoms with Crippen LogP contribution in [0.2, 0.25) is 0 Å². The van der Waals surface area contributed by atoms with Gasteiger partial charge >= 0.3 is 0 Å². The van der Waals surface area contributed by atoms with Gasteiger partial charge in [-0.05, 0) is 25.1 Å². The van der Waals surface area contributed by atoms with Crippen molar-refractivity contribution in [3.05, 3.63) is 35.4 Å². The molecule has 1 amide bonds. The fourth-order valence-corrected chi connectivity index (χ4v) is 1.12. The Kier molecular flexibility index (Phi) is 4.53. The molecule has 4 nitrogen and oxygen atoms in total. The highest BCUT2D eigenvalue weighted by Crippen LogP contribution is 2.08. The van der Waals surface area contributed by atoms with E-state index in [2.05, 4.69) is 5.32 Å². The lowest BCUT2D eigenvalue weighted by Crippen LogP contribution is -2.43. The smallest absolute Gasteiger partial charge is 0.251 e. The van der Waals surface area contributed by atoms with E-state index in [1.54, 1.807) is 0 Å². The number of amides is 1. The van der Waals surface area contributed by atoms with Crippen LogP contribution in [0.3, 0.4) is 0 Å². The van der Waals surface area contributed by atoms with E-state index in [9.17, 15) is 13.6 Å². The topological polar surface area (TPSA) is 75.3 Å². The molecule has 1 aromatic carbocycles. The summed E-state index contributed by atoms with van der Waals surface area (Å²) in [7, 11) is 0. The fourth-order valence-electron chi connectivity index (χ4n) is 1.12. The molecule has 0 aliphatic carbocycles. The lowest BCUT2D eigenvalue weighted by atomic mass is 10.1. The molecule has 0 spiro atoms. The predicted octanol–water partition coefficient (Wildman–Crippen LogP) is 0.403. The highest BCUT2D eigenvalue weighted by Gasteiger charge is 2.13. The van der Waals surface area contributed by atoms with E-state index < -0.39 is 29.7 Å². The molecule has 0 aliphatic heterocycles. The van der Waals surface area contributed by atoms with Gasteiger partial charge in [-0.1, -0.05) is 0 Å². The van der Waals surface area contributed by atoms with Gasteiger partial charge < -0.3 is 16.2 Å².